The summed E-state index contributed by atoms with van der Waals surface area (Å²) in [6, 6.07) is 12.2. The second kappa shape index (κ2) is 7.14. The Kier molecular flexibility index (Phi) is 4.94. The molecule has 7 heteroatoms. The van der Waals surface area contributed by atoms with Crippen LogP contribution in [0.5, 0.6) is 5.75 Å². The Balaban J connectivity index is 1.71. The molecule has 3 aromatic rings. The van der Waals surface area contributed by atoms with E-state index in [-0.39, 0.29) is 17.5 Å². The number of carbonyl (C=O) groups excluding carboxylic acids is 1. The number of halogens is 3. The van der Waals surface area contributed by atoms with Gasteiger partial charge in [0.1, 0.15) is 11.6 Å². The number of nitrogens with zero attached hydrogens (tertiary/aromatic N) is 1. The van der Waals surface area contributed by atoms with Gasteiger partial charge >= 0.3 is 6.61 Å². The lowest BCUT2D eigenvalue weighted by atomic mass is 10.2. The highest BCUT2D eigenvalue weighted by Crippen LogP contribution is 2.27. The molecule has 1 heterocycles. The van der Waals surface area contributed by atoms with E-state index in [9.17, 15) is 18.0 Å². The molecule has 130 valence electrons. The van der Waals surface area contributed by atoms with Crippen LogP contribution in [0.25, 0.3) is 10.1 Å². The molecule has 0 fully saturated rings. The maximum atomic E-state index is 13.3. The lowest BCUT2D eigenvalue weighted by molar-refractivity contribution is -0.0498. The van der Waals surface area contributed by atoms with Gasteiger partial charge in [0.15, 0.2) is 0 Å². The van der Waals surface area contributed by atoms with Crippen molar-refractivity contribution in [3.63, 3.8) is 0 Å². The minimum Gasteiger partial charge on any atom is -0.435 e. The molecule has 0 N–H and O–H groups in total. The van der Waals surface area contributed by atoms with Crippen molar-refractivity contribution in [3.8, 4) is 5.75 Å². The highest BCUT2D eigenvalue weighted by atomic mass is 32.1. The van der Waals surface area contributed by atoms with E-state index >= 15 is 0 Å². The van der Waals surface area contributed by atoms with Gasteiger partial charge in [-0.15, -0.1) is 11.3 Å². The SMILES string of the molecule is CN(Cc1ccc(OC(F)F)cc1)C(=O)c1cc2cc(F)ccc2s1. The number of rotatable bonds is 5. The third kappa shape index (κ3) is 4.11. The second-order valence-corrected chi connectivity index (χ2v) is 6.56. The Bertz CT molecular complexity index is 893. The second-order valence-electron chi connectivity index (χ2n) is 5.48. The molecular weight excluding hydrogens is 351 g/mol. The van der Waals surface area contributed by atoms with Crippen LogP contribution in [0.15, 0.2) is 48.5 Å². The fourth-order valence-electron chi connectivity index (χ4n) is 2.43. The summed E-state index contributed by atoms with van der Waals surface area (Å²) >= 11 is 1.30. The summed E-state index contributed by atoms with van der Waals surface area (Å²) in [4.78, 5) is 14.6. The molecule has 25 heavy (non-hydrogen) atoms. The van der Waals surface area contributed by atoms with Crippen LogP contribution in [0.2, 0.25) is 0 Å². The quantitative estimate of drug-likeness (QED) is 0.643. The first kappa shape index (κ1) is 17.3. The zero-order chi connectivity index (χ0) is 18.0. The molecule has 0 aliphatic carbocycles. The molecule has 0 saturated carbocycles. The third-order valence-electron chi connectivity index (χ3n) is 3.60. The molecule has 0 aliphatic rings. The molecule has 0 saturated heterocycles. The van der Waals surface area contributed by atoms with Crippen LogP contribution >= 0.6 is 11.3 Å². The molecule has 0 unspecified atom stereocenters. The van der Waals surface area contributed by atoms with Crippen molar-refractivity contribution >= 4 is 27.3 Å². The molecule has 1 amide bonds. The number of hydrogen-bond acceptors (Lipinski definition) is 3. The van der Waals surface area contributed by atoms with E-state index in [0.29, 0.717) is 16.8 Å². The first-order chi connectivity index (χ1) is 11.9. The predicted octanol–water partition coefficient (Wildman–Crippen LogP) is 4.91. The van der Waals surface area contributed by atoms with Crippen LogP contribution in [0.1, 0.15) is 15.2 Å². The summed E-state index contributed by atoms with van der Waals surface area (Å²) in [5.41, 5.74) is 0.782. The molecule has 0 aliphatic heterocycles. The highest BCUT2D eigenvalue weighted by molar-refractivity contribution is 7.20. The van der Waals surface area contributed by atoms with Crippen molar-refractivity contribution < 1.29 is 22.7 Å². The maximum Gasteiger partial charge on any atom is 0.387 e. The van der Waals surface area contributed by atoms with Crippen LogP contribution in [0.4, 0.5) is 13.2 Å². The zero-order valence-corrected chi connectivity index (χ0v) is 14.0. The van der Waals surface area contributed by atoms with Gasteiger partial charge in [-0.05, 0) is 47.3 Å². The molecular formula is C18H14F3NO2S. The molecule has 2 aromatic carbocycles. The smallest absolute Gasteiger partial charge is 0.387 e. The van der Waals surface area contributed by atoms with Crippen LogP contribution in [0, 0.1) is 5.82 Å². The molecule has 0 bridgehead atoms. The van der Waals surface area contributed by atoms with Crippen LogP contribution in [0.3, 0.4) is 0 Å². The van der Waals surface area contributed by atoms with Crippen molar-refractivity contribution in [1.29, 1.82) is 0 Å². The lowest BCUT2D eigenvalue weighted by Gasteiger charge is -2.16. The van der Waals surface area contributed by atoms with Gasteiger partial charge in [0.2, 0.25) is 0 Å². The topological polar surface area (TPSA) is 29.5 Å². The molecule has 3 nitrogen and oxygen atoms in total. The van der Waals surface area contributed by atoms with Crippen LogP contribution in [-0.4, -0.2) is 24.5 Å². The van der Waals surface area contributed by atoms with Crippen molar-refractivity contribution in [3.05, 3.63) is 64.8 Å². The fraction of sp³-hybridized carbons (Fsp3) is 0.167. The van der Waals surface area contributed by atoms with Gasteiger partial charge in [0.05, 0.1) is 4.88 Å². The van der Waals surface area contributed by atoms with E-state index in [2.05, 4.69) is 4.74 Å². The number of amides is 1. The number of thiophene rings is 1. The van der Waals surface area contributed by atoms with Gasteiger partial charge in [-0.3, -0.25) is 4.79 Å². The average molecular weight is 365 g/mol. The Hall–Kier alpha value is -2.54. The summed E-state index contributed by atoms with van der Waals surface area (Å²) in [6.07, 6.45) is 0. The first-order valence-corrected chi connectivity index (χ1v) is 8.22. The normalized spacial score (nSPS) is 11.1. The van der Waals surface area contributed by atoms with Gasteiger partial charge in [-0.25, -0.2) is 4.39 Å². The lowest BCUT2D eigenvalue weighted by Crippen LogP contribution is -2.25. The van der Waals surface area contributed by atoms with Crippen molar-refractivity contribution in [2.24, 2.45) is 0 Å². The maximum absolute atomic E-state index is 13.3. The monoisotopic (exact) mass is 365 g/mol. The van der Waals surface area contributed by atoms with Gasteiger partial charge in [0.25, 0.3) is 5.91 Å². The van der Waals surface area contributed by atoms with Crippen molar-refractivity contribution in [1.82, 2.24) is 4.90 Å². The van der Waals surface area contributed by atoms with E-state index in [1.54, 1.807) is 31.3 Å². The number of ether oxygens (including phenoxy) is 1. The van der Waals surface area contributed by atoms with Gasteiger partial charge < -0.3 is 9.64 Å². The van der Waals surface area contributed by atoms with E-state index in [4.69, 9.17) is 0 Å². The van der Waals surface area contributed by atoms with Crippen molar-refractivity contribution in [2.45, 2.75) is 13.2 Å². The summed E-state index contributed by atoms with van der Waals surface area (Å²) in [5.74, 6) is -0.461. The Morgan fingerprint density at radius 2 is 1.88 bits per heavy atom. The Morgan fingerprint density at radius 1 is 1.16 bits per heavy atom. The molecule has 1 aromatic heterocycles. The highest BCUT2D eigenvalue weighted by Gasteiger charge is 2.16. The Morgan fingerprint density at radius 3 is 2.56 bits per heavy atom. The first-order valence-electron chi connectivity index (χ1n) is 7.40. The summed E-state index contributed by atoms with van der Waals surface area (Å²) in [5, 5.41) is 0.690. The van der Waals surface area contributed by atoms with Crippen molar-refractivity contribution in [2.75, 3.05) is 7.05 Å². The van der Waals surface area contributed by atoms with E-state index in [0.717, 1.165) is 10.3 Å². The van der Waals surface area contributed by atoms with Crippen LogP contribution < -0.4 is 4.74 Å². The minimum atomic E-state index is -2.87. The van der Waals surface area contributed by atoms with Gasteiger partial charge in [-0.2, -0.15) is 8.78 Å². The molecule has 3 rings (SSSR count). The average Bonchev–Trinajstić information content (AvgIpc) is 2.98. The fourth-order valence-corrected chi connectivity index (χ4v) is 3.47. The standard InChI is InChI=1S/C18H14F3NO2S/c1-22(10-11-2-5-14(6-3-11)24-18(20)21)17(23)16-9-12-8-13(19)4-7-15(12)25-16/h2-9,18H,10H2,1H3. The molecule has 0 spiro atoms. The molecule has 0 atom stereocenters. The molecule has 0 radical (unpaired) electrons. The zero-order valence-electron chi connectivity index (χ0n) is 13.2. The Labute approximate surface area is 146 Å². The minimum absolute atomic E-state index is 0.0688. The van der Waals surface area contributed by atoms with Gasteiger partial charge in [-0.1, -0.05) is 12.1 Å². The largest absolute Gasteiger partial charge is 0.435 e. The van der Waals surface area contributed by atoms with Crippen LogP contribution in [-0.2, 0) is 6.54 Å². The number of hydrogen-bond donors (Lipinski definition) is 0. The van der Waals surface area contributed by atoms with Gasteiger partial charge in [0, 0.05) is 18.3 Å². The summed E-state index contributed by atoms with van der Waals surface area (Å²) in [7, 11) is 1.65. The van der Waals surface area contributed by atoms with E-state index in [1.807, 2.05) is 0 Å². The predicted molar refractivity (Wildman–Crippen MR) is 90.7 cm³/mol. The number of benzene rings is 2. The number of alkyl halides is 2. The van der Waals surface area contributed by atoms with E-state index < -0.39 is 6.61 Å². The number of carbonyl (C=O) groups is 1. The van der Waals surface area contributed by atoms with E-state index in [1.165, 1.54) is 40.5 Å². The summed E-state index contributed by atoms with van der Waals surface area (Å²) < 4.78 is 42.7. The summed E-state index contributed by atoms with van der Waals surface area (Å²) in [6.45, 7) is -2.55. The third-order valence-corrected chi connectivity index (χ3v) is 4.71. The number of fused-ring (bicyclic) bond motifs is 1.